The Kier molecular flexibility index (Phi) is 10.4. The summed E-state index contributed by atoms with van der Waals surface area (Å²) in [7, 11) is 0. The number of amides is 2. The van der Waals surface area contributed by atoms with E-state index in [4.69, 9.17) is 16.3 Å². The van der Waals surface area contributed by atoms with E-state index in [-0.39, 0.29) is 17.9 Å². The number of nitrogens with zero attached hydrogens (tertiary/aromatic N) is 1. The number of para-hydroxylation sites is 1. The topological polar surface area (TPSA) is 58.6 Å². The molecular formula is C25H33ClN2O3. The van der Waals surface area contributed by atoms with Gasteiger partial charge in [0.15, 0.2) is 0 Å². The fourth-order valence-electron chi connectivity index (χ4n) is 3.24. The van der Waals surface area contributed by atoms with Crippen molar-refractivity contribution < 1.29 is 14.3 Å². The van der Waals surface area contributed by atoms with Crippen molar-refractivity contribution in [2.45, 2.75) is 65.1 Å². The molecule has 2 aromatic carbocycles. The summed E-state index contributed by atoms with van der Waals surface area (Å²) in [5.41, 5.74) is 0.827. The quantitative estimate of drug-likeness (QED) is 0.456. The maximum absolute atomic E-state index is 13.2. The maximum atomic E-state index is 13.2. The first kappa shape index (κ1) is 24.7. The van der Waals surface area contributed by atoms with Crippen LogP contribution in [-0.4, -0.2) is 35.4 Å². The standard InChI is InChI=1S/C25H33ClN2O3/c1-4-19(3)27-25(30)23(5-2)28(18-20-12-9-10-15-22(20)26)24(29)16-11-17-31-21-13-7-6-8-14-21/h6-10,12-15,19,23H,4-5,11,16-18H2,1-3H3,(H,27,30)/t19-,23+/m1/s1. The summed E-state index contributed by atoms with van der Waals surface area (Å²) in [6, 6.07) is 16.5. The molecule has 168 valence electrons. The monoisotopic (exact) mass is 444 g/mol. The average Bonchev–Trinajstić information content (AvgIpc) is 2.78. The highest BCUT2D eigenvalue weighted by Crippen LogP contribution is 2.21. The van der Waals surface area contributed by atoms with E-state index in [1.54, 1.807) is 11.0 Å². The van der Waals surface area contributed by atoms with E-state index < -0.39 is 6.04 Å². The van der Waals surface area contributed by atoms with Gasteiger partial charge in [-0.1, -0.05) is 61.8 Å². The van der Waals surface area contributed by atoms with Gasteiger partial charge in [-0.15, -0.1) is 0 Å². The molecule has 0 aliphatic carbocycles. The second-order valence-corrected chi connectivity index (χ2v) is 8.03. The Balaban J connectivity index is 2.08. The fraction of sp³-hybridized carbons (Fsp3) is 0.440. The number of rotatable bonds is 12. The van der Waals surface area contributed by atoms with Crippen LogP contribution in [-0.2, 0) is 16.1 Å². The third-order valence-electron chi connectivity index (χ3n) is 5.23. The molecule has 2 aromatic rings. The van der Waals surface area contributed by atoms with Crippen molar-refractivity contribution in [1.82, 2.24) is 10.2 Å². The second kappa shape index (κ2) is 13.0. The number of carbonyl (C=O) groups excluding carboxylic acids is 2. The van der Waals surface area contributed by atoms with Gasteiger partial charge in [0.1, 0.15) is 11.8 Å². The van der Waals surface area contributed by atoms with Crippen LogP contribution in [0.4, 0.5) is 0 Å². The molecule has 1 N–H and O–H groups in total. The van der Waals surface area contributed by atoms with Crippen molar-refractivity contribution in [3.63, 3.8) is 0 Å². The zero-order valence-corrected chi connectivity index (χ0v) is 19.4. The Hall–Kier alpha value is -2.53. The van der Waals surface area contributed by atoms with Gasteiger partial charge in [-0.25, -0.2) is 0 Å². The number of hydrogen-bond acceptors (Lipinski definition) is 3. The minimum Gasteiger partial charge on any atom is -0.494 e. The van der Waals surface area contributed by atoms with Crippen molar-refractivity contribution in [3.05, 3.63) is 65.2 Å². The van der Waals surface area contributed by atoms with E-state index in [0.29, 0.717) is 37.4 Å². The van der Waals surface area contributed by atoms with Crippen LogP contribution in [0.3, 0.4) is 0 Å². The minimum absolute atomic E-state index is 0.0538. The Bertz CT molecular complexity index is 829. The lowest BCUT2D eigenvalue weighted by Crippen LogP contribution is -2.50. The number of carbonyl (C=O) groups is 2. The molecule has 31 heavy (non-hydrogen) atoms. The number of benzene rings is 2. The molecule has 6 heteroatoms. The fourth-order valence-corrected chi connectivity index (χ4v) is 3.44. The SMILES string of the molecule is CC[C@@H](C)NC(=O)[C@H](CC)N(Cc1ccccc1Cl)C(=O)CCCOc1ccccc1. The van der Waals surface area contributed by atoms with E-state index in [1.165, 1.54) is 0 Å². The highest BCUT2D eigenvalue weighted by atomic mass is 35.5. The van der Waals surface area contributed by atoms with Crippen LogP contribution in [0.25, 0.3) is 0 Å². The van der Waals surface area contributed by atoms with E-state index in [1.807, 2.05) is 69.3 Å². The highest BCUT2D eigenvalue weighted by Gasteiger charge is 2.29. The van der Waals surface area contributed by atoms with Gasteiger partial charge in [-0.05, 0) is 49.9 Å². The first-order chi connectivity index (χ1) is 15.0. The number of ether oxygens (including phenoxy) is 1. The van der Waals surface area contributed by atoms with Gasteiger partial charge in [-0.2, -0.15) is 0 Å². The second-order valence-electron chi connectivity index (χ2n) is 7.62. The Morgan fingerprint density at radius 2 is 1.71 bits per heavy atom. The summed E-state index contributed by atoms with van der Waals surface area (Å²) in [6.45, 7) is 6.64. The zero-order valence-electron chi connectivity index (χ0n) is 18.6. The van der Waals surface area contributed by atoms with Crippen LogP contribution < -0.4 is 10.1 Å². The van der Waals surface area contributed by atoms with E-state index in [2.05, 4.69) is 5.32 Å². The van der Waals surface area contributed by atoms with E-state index in [9.17, 15) is 9.59 Å². The van der Waals surface area contributed by atoms with Gasteiger partial charge < -0.3 is 15.0 Å². The molecule has 0 aromatic heterocycles. The molecule has 2 amide bonds. The summed E-state index contributed by atoms with van der Waals surface area (Å²) in [4.78, 5) is 27.7. The minimum atomic E-state index is -0.548. The van der Waals surface area contributed by atoms with Crippen LogP contribution in [0.15, 0.2) is 54.6 Å². The normalized spacial score (nSPS) is 12.6. The van der Waals surface area contributed by atoms with Gasteiger partial charge in [0.25, 0.3) is 0 Å². The van der Waals surface area contributed by atoms with Crippen molar-refractivity contribution in [2.24, 2.45) is 0 Å². The molecule has 0 aliphatic heterocycles. The lowest BCUT2D eigenvalue weighted by Gasteiger charge is -2.31. The van der Waals surface area contributed by atoms with Crippen LogP contribution in [0.2, 0.25) is 5.02 Å². The summed E-state index contributed by atoms with van der Waals surface area (Å²) in [5, 5.41) is 3.60. The van der Waals surface area contributed by atoms with Crippen LogP contribution in [0, 0.1) is 0 Å². The van der Waals surface area contributed by atoms with Crippen molar-refractivity contribution in [3.8, 4) is 5.75 Å². The molecule has 0 radical (unpaired) electrons. The van der Waals surface area contributed by atoms with Gasteiger partial charge in [0, 0.05) is 24.0 Å². The molecule has 0 spiro atoms. The Morgan fingerprint density at radius 1 is 1.03 bits per heavy atom. The van der Waals surface area contributed by atoms with E-state index >= 15 is 0 Å². The molecule has 0 heterocycles. The van der Waals surface area contributed by atoms with Gasteiger partial charge in [0.2, 0.25) is 11.8 Å². The summed E-state index contributed by atoms with van der Waals surface area (Å²) >= 11 is 6.34. The van der Waals surface area contributed by atoms with Gasteiger partial charge >= 0.3 is 0 Å². The third kappa shape index (κ3) is 7.91. The smallest absolute Gasteiger partial charge is 0.243 e. The Labute approximate surface area is 190 Å². The maximum Gasteiger partial charge on any atom is 0.243 e. The number of nitrogens with one attached hydrogen (secondary N) is 1. The lowest BCUT2D eigenvalue weighted by molar-refractivity contribution is -0.141. The molecule has 0 saturated carbocycles. The van der Waals surface area contributed by atoms with Crippen molar-refractivity contribution >= 4 is 23.4 Å². The number of halogens is 1. The molecule has 0 aliphatic rings. The average molecular weight is 445 g/mol. The van der Waals surface area contributed by atoms with E-state index in [0.717, 1.165) is 17.7 Å². The third-order valence-corrected chi connectivity index (χ3v) is 5.60. The first-order valence-corrected chi connectivity index (χ1v) is 11.3. The molecule has 2 rings (SSSR count). The van der Waals surface area contributed by atoms with Gasteiger partial charge in [-0.3, -0.25) is 9.59 Å². The molecule has 5 nitrogen and oxygen atoms in total. The summed E-state index contributed by atoms with van der Waals surface area (Å²) < 4.78 is 5.70. The number of hydrogen-bond donors (Lipinski definition) is 1. The molecule has 0 bridgehead atoms. The molecule has 0 saturated heterocycles. The lowest BCUT2D eigenvalue weighted by atomic mass is 10.1. The van der Waals surface area contributed by atoms with Crippen LogP contribution in [0.1, 0.15) is 52.0 Å². The largest absolute Gasteiger partial charge is 0.494 e. The summed E-state index contributed by atoms with van der Waals surface area (Å²) in [6.07, 6.45) is 2.22. The molecular weight excluding hydrogens is 412 g/mol. The van der Waals surface area contributed by atoms with Crippen molar-refractivity contribution in [1.29, 1.82) is 0 Å². The highest BCUT2D eigenvalue weighted by molar-refractivity contribution is 6.31. The molecule has 2 atom stereocenters. The van der Waals surface area contributed by atoms with Crippen LogP contribution in [0.5, 0.6) is 5.75 Å². The predicted octanol–water partition coefficient (Wildman–Crippen LogP) is 5.22. The van der Waals surface area contributed by atoms with Crippen LogP contribution >= 0.6 is 11.6 Å². The van der Waals surface area contributed by atoms with Crippen molar-refractivity contribution in [2.75, 3.05) is 6.61 Å². The predicted molar refractivity (Wildman–Crippen MR) is 125 cm³/mol. The first-order valence-electron chi connectivity index (χ1n) is 11.0. The van der Waals surface area contributed by atoms with Gasteiger partial charge in [0.05, 0.1) is 6.61 Å². The zero-order chi connectivity index (χ0) is 22.6. The molecule has 0 fully saturated rings. The molecule has 0 unspecified atom stereocenters. The Morgan fingerprint density at radius 3 is 2.35 bits per heavy atom. The summed E-state index contributed by atoms with van der Waals surface area (Å²) in [5.74, 6) is 0.572.